The molecule has 22 heavy (non-hydrogen) atoms. The van der Waals surface area contributed by atoms with Gasteiger partial charge in [0.2, 0.25) is 5.91 Å². The molecule has 0 bridgehead atoms. The van der Waals surface area contributed by atoms with E-state index in [-0.39, 0.29) is 24.5 Å². The topological polar surface area (TPSA) is 83.2 Å². The minimum absolute atomic E-state index is 0.0366. The average molecular weight is 301 g/mol. The summed E-state index contributed by atoms with van der Waals surface area (Å²) in [5.41, 5.74) is 1.44. The van der Waals surface area contributed by atoms with Gasteiger partial charge in [-0.2, -0.15) is 0 Å². The van der Waals surface area contributed by atoms with Crippen molar-refractivity contribution < 1.29 is 14.3 Å². The molecule has 6 nitrogen and oxygen atoms in total. The van der Waals surface area contributed by atoms with Crippen LogP contribution in [0.25, 0.3) is 10.9 Å². The van der Waals surface area contributed by atoms with E-state index in [2.05, 4.69) is 15.6 Å². The molecule has 1 atom stereocenters. The summed E-state index contributed by atoms with van der Waals surface area (Å²) in [7, 11) is 0. The number of para-hydroxylation sites is 1. The first-order valence-electron chi connectivity index (χ1n) is 7.46. The van der Waals surface area contributed by atoms with Gasteiger partial charge in [0.25, 0.3) is 5.91 Å². The Bertz CT molecular complexity index is 674. The number of carbonyl (C=O) groups excluding carboxylic acids is 2. The highest BCUT2D eigenvalue weighted by Gasteiger charge is 2.17. The summed E-state index contributed by atoms with van der Waals surface area (Å²) in [4.78, 5) is 26.9. The fourth-order valence-electron chi connectivity index (χ4n) is 2.61. The number of H-pyrrole nitrogens is 1. The van der Waals surface area contributed by atoms with Crippen LogP contribution < -0.4 is 10.6 Å². The summed E-state index contributed by atoms with van der Waals surface area (Å²) in [6.45, 7) is 1.23. The maximum absolute atomic E-state index is 12.1. The van der Waals surface area contributed by atoms with E-state index < -0.39 is 0 Å². The minimum Gasteiger partial charge on any atom is -0.376 e. The van der Waals surface area contributed by atoms with Gasteiger partial charge in [-0.25, -0.2) is 0 Å². The van der Waals surface area contributed by atoms with Crippen LogP contribution in [0, 0.1) is 0 Å². The molecular formula is C16H19N3O3. The average Bonchev–Trinajstić information content (AvgIpc) is 3.19. The van der Waals surface area contributed by atoms with Crippen LogP contribution in [-0.4, -0.2) is 42.6 Å². The molecule has 3 rings (SSSR count). The first-order chi connectivity index (χ1) is 10.7. The number of rotatable bonds is 5. The van der Waals surface area contributed by atoms with Crippen molar-refractivity contribution in [2.45, 2.75) is 18.9 Å². The Morgan fingerprint density at radius 2 is 2.14 bits per heavy atom. The van der Waals surface area contributed by atoms with Gasteiger partial charge in [-0.15, -0.1) is 0 Å². The lowest BCUT2D eigenvalue weighted by atomic mass is 10.1. The lowest BCUT2D eigenvalue weighted by Gasteiger charge is -2.11. The second-order valence-electron chi connectivity index (χ2n) is 5.37. The Labute approximate surface area is 128 Å². The second kappa shape index (κ2) is 6.62. The zero-order valence-electron chi connectivity index (χ0n) is 12.2. The smallest absolute Gasteiger partial charge is 0.253 e. The minimum atomic E-state index is -0.260. The van der Waals surface area contributed by atoms with E-state index in [4.69, 9.17) is 4.74 Å². The summed E-state index contributed by atoms with van der Waals surface area (Å²) in [5.74, 6) is -0.464. The lowest BCUT2D eigenvalue weighted by Crippen LogP contribution is -2.39. The molecule has 0 unspecified atom stereocenters. The van der Waals surface area contributed by atoms with Crippen molar-refractivity contribution in [2.75, 3.05) is 19.7 Å². The molecule has 0 saturated carbocycles. The van der Waals surface area contributed by atoms with Crippen molar-refractivity contribution in [1.29, 1.82) is 0 Å². The first kappa shape index (κ1) is 14.6. The number of carbonyl (C=O) groups is 2. The Morgan fingerprint density at radius 3 is 2.95 bits per heavy atom. The molecule has 1 aliphatic rings. The highest BCUT2D eigenvalue weighted by atomic mass is 16.5. The summed E-state index contributed by atoms with van der Waals surface area (Å²) in [6.07, 6.45) is 3.78. The van der Waals surface area contributed by atoms with Crippen LogP contribution in [0.4, 0.5) is 0 Å². The number of amides is 2. The predicted molar refractivity (Wildman–Crippen MR) is 82.6 cm³/mol. The van der Waals surface area contributed by atoms with E-state index in [0.29, 0.717) is 12.1 Å². The summed E-state index contributed by atoms with van der Waals surface area (Å²) in [6, 6.07) is 7.55. The molecule has 6 heteroatoms. The molecular weight excluding hydrogens is 282 g/mol. The number of aromatic nitrogens is 1. The standard InChI is InChI=1S/C16H19N3O3/c20-15(18-8-11-4-3-7-22-11)10-19-16(21)13-9-17-14-6-2-1-5-12(13)14/h1-2,5-6,9,11,17H,3-4,7-8,10H2,(H,18,20)(H,19,21)/t11-/m1/s1. The van der Waals surface area contributed by atoms with Gasteiger partial charge in [-0.1, -0.05) is 18.2 Å². The van der Waals surface area contributed by atoms with Crippen molar-refractivity contribution in [2.24, 2.45) is 0 Å². The highest BCUT2D eigenvalue weighted by molar-refractivity contribution is 6.07. The number of hydrogen-bond acceptors (Lipinski definition) is 3. The zero-order valence-corrected chi connectivity index (χ0v) is 12.2. The van der Waals surface area contributed by atoms with Gasteiger partial charge in [0.1, 0.15) is 0 Å². The van der Waals surface area contributed by atoms with Gasteiger partial charge < -0.3 is 20.4 Å². The van der Waals surface area contributed by atoms with Crippen LogP contribution in [-0.2, 0) is 9.53 Å². The molecule has 116 valence electrons. The van der Waals surface area contributed by atoms with Gasteiger partial charge in [-0.3, -0.25) is 9.59 Å². The van der Waals surface area contributed by atoms with Crippen LogP contribution in [0.2, 0.25) is 0 Å². The highest BCUT2D eigenvalue weighted by Crippen LogP contribution is 2.17. The van der Waals surface area contributed by atoms with Gasteiger partial charge in [0.05, 0.1) is 18.2 Å². The molecule has 2 aromatic rings. The zero-order chi connectivity index (χ0) is 15.4. The fourth-order valence-corrected chi connectivity index (χ4v) is 2.61. The van der Waals surface area contributed by atoms with Crippen LogP contribution in [0.5, 0.6) is 0 Å². The van der Waals surface area contributed by atoms with Crippen LogP contribution in [0.1, 0.15) is 23.2 Å². The molecule has 3 N–H and O–H groups in total. The second-order valence-corrected chi connectivity index (χ2v) is 5.37. The number of nitrogens with one attached hydrogen (secondary N) is 3. The number of hydrogen-bond donors (Lipinski definition) is 3. The van der Waals surface area contributed by atoms with Crippen LogP contribution in [0.15, 0.2) is 30.5 Å². The largest absolute Gasteiger partial charge is 0.376 e. The third-order valence-electron chi connectivity index (χ3n) is 3.79. The molecule has 0 radical (unpaired) electrons. The Kier molecular flexibility index (Phi) is 4.39. The van der Waals surface area contributed by atoms with Gasteiger partial charge in [0, 0.05) is 30.3 Å². The van der Waals surface area contributed by atoms with E-state index in [1.165, 1.54) is 0 Å². The Morgan fingerprint density at radius 1 is 1.27 bits per heavy atom. The predicted octanol–water partition coefficient (Wildman–Crippen LogP) is 1.19. The number of ether oxygens (including phenoxy) is 1. The van der Waals surface area contributed by atoms with Gasteiger partial charge in [0.15, 0.2) is 0 Å². The summed E-state index contributed by atoms with van der Waals surface area (Å²) >= 11 is 0. The number of benzene rings is 1. The molecule has 0 spiro atoms. The first-order valence-corrected chi connectivity index (χ1v) is 7.46. The summed E-state index contributed by atoms with van der Waals surface area (Å²) in [5, 5.41) is 6.26. The third kappa shape index (κ3) is 3.28. The normalized spacial score (nSPS) is 17.5. The molecule has 1 fully saturated rings. The monoisotopic (exact) mass is 301 g/mol. The SMILES string of the molecule is O=C(CNC(=O)c1c[nH]c2ccccc12)NC[C@H]1CCCO1. The van der Waals surface area contributed by atoms with Crippen molar-refractivity contribution >= 4 is 22.7 Å². The molecule has 1 aromatic heterocycles. The van der Waals surface area contributed by atoms with Crippen LogP contribution in [0.3, 0.4) is 0 Å². The van der Waals surface area contributed by atoms with Crippen LogP contribution >= 0.6 is 0 Å². The molecule has 1 aliphatic heterocycles. The van der Waals surface area contributed by atoms with E-state index >= 15 is 0 Å². The number of aromatic amines is 1. The quantitative estimate of drug-likeness (QED) is 0.776. The van der Waals surface area contributed by atoms with Crippen molar-refractivity contribution in [3.63, 3.8) is 0 Å². The van der Waals surface area contributed by atoms with Crippen molar-refractivity contribution in [3.8, 4) is 0 Å². The summed E-state index contributed by atoms with van der Waals surface area (Å²) < 4.78 is 5.43. The van der Waals surface area contributed by atoms with E-state index in [0.717, 1.165) is 30.4 Å². The van der Waals surface area contributed by atoms with E-state index in [1.807, 2.05) is 24.3 Å². The third-order valence-corrected chi connectivity index (χ3v) is 3.79. The molecule has 0 aliphatic carbocycles. The lowest BCUT2D eigenvalue weighted by molar-refractivity contribution is -0.120. The molecule has 1 aromatic carbocycles. The van der Waals surface area contributed by atoms with Gasteiger partial charge in [-0.05, 0) is 18.9 Å². The molecule has 2 amide bonds. The van der Waals surface area contributed by atoms with Crippen molar-refractivity contribution in [3.05, 3.63) is 36.0 Å². The maximum Gasteiger partial charge on any atom is 0.253 e. The Hall–Kier alpha value is -2.34. The fraction of sp³-hybridized carbons (Fsp3) is 0.375. The molecule has 1 saturated heterocycles. The maximum atomic E-state index is 12.1. The number of fused-ring (bicyclic) bond motifs is 1. The Balaban J connectivity index is 1.50. The van der Waals surface area contributed by atoms with Gasteiger partial charge >= 0.3 is 0 Å². The van der Waals surface area contributed by atoms with E-state index in [1.54, 1.807) is 6.20 Å². The molecule has 2 heterocycles. The van der Waals surface area contributed by atoms with Crippen molar-refractivity contribution in [1.82, 2.24) is 15.6 Å². The van der Waals surface area contributed by atoms with E-state index in [9.17, 15) is 9.59 Å².